The molecule has 1 aliphatic carbocycles. The van der Waals surface area contributed by atoms with Gasteiger partial charge in [0.2, 0.25) is 0 Å². The van der Waals surface area contributed by atoms with E-state index in [1.54, 1.807) is 18.2 Å². The molecule has 0 spiro atoms. The first-order valence-electron chi connectivity index (χ1n) is 6.97. The highest BCUT2D eigenvalue weighted by molar-refractivity contribution is 7.88. The van der Waals surface area contributed by atoms with Crippen molar-refractivity contribution in [2.45, 2.75) is 23.4 Å². The van der Waals surface area contributed by atoms with Crippen LogP contribution in [0.2, 0.25) is 0 Å². The Morgan fingerprint density at radius 3 is 2.33 bits per heavy atom. The largest absolute Gasteiger partial charge is 0.498 e. The summed E-state index contributed by atoms with van der Waals surface area (Å²) in [6.45, 7) is 1.08. The van der Waals surface area contributed by atoms with Crippen molar-refractivity contribution in [1.29, 1.82) is 0 Å². The third-order valence-electron chi connectivity index (χ3n) is 4.23. The van der Waals surface area contributed by atoms with Crippen LogP contribution in [-0.4, -0.2) is 55.9 Å². The number of hydrogen-bond donors (Lipinski definition) is 1. The quantitative estimate of drug-likeness (QED) is 0.766. The summed E-state index contributed by atoms with van der Waals surface area (Å²) in [5.74, 6) is -0.893. The molecule has 0 aromatic carbocycles. The topological polar surface area (TPSA) is 112 Å². The smallest absolute Gasteiger partial charge is 0.281 e. The highest BCUT2D eigenvalue weighted by Crippen LogP contribution is 2.45. The molecule has 24 heavy (non-hydrogen) atoms. The van der Waals surface area contributed by atoms with Crippen LogP contribution in [0.15, 0.2) is 36.2 Å². The number of hydrogen-bond acceptors (Lipinski definition) is 7. The van der Waals surface area contributed by atoms with E-state index in [1.807, 2.05) is 0 Å². The molecule has 1 aliphatic rings. The third-order valence-corrected chi connectivity index (χ3v) is 5.62. The van der Waals surface area contributed by atoms with Crippen molar-refractivity contribution >= 4 is 15.9 Å². The number of carbonyl (C=O) groups excluding carboxylic acids is 1. The highest BCUT2D eigenvalue weighted by Gasteiger charge is 2.62. The van der Waals surface area contributed by atoms with Gasteiger partial charge in [0, 0.05) is 20.4 Å². The normalized spacial score (nSPS) is 30.8. The number of methoxy groups -OCH3 is 3. The number of pyridine rings is 1. The van der Waals surface area contributed by atoms with Gasteiger partial charge in [-0.25, -0.2) is 0 Å². The molecular weight excluding hydrogens is 338 g/mol. The van der Waals surface area contributed by atoms with Gasteiger partial charge >= 0.3 is 0 Å². The van der Waals surface area contributed by atoms with E-state index in [4.69, 9.17) is 14.2 Å². The summed E-state index contributed by atoms with van der Waals surface area (Å²) >= 11 is 0. The molecule has 1 aromatic rings. The number of aromatic nitrogens is 1. The van der Waals surface area contributed by atoms with Crippen LogP contribution in [0.25, 0.3) is 0 Å². The second kappa shape index (κ2) is 6.25. The monoisotopic (exact) mass is 357 g/mol. The van der Waals surface area contributed by atoms with E-state index in [1.165, 1.54) is 27.5 Å². The maximum Gasteiger partial charge on any atom is 0.281 e. The van der Waals surface area contributed by atoms with E-state index < -0.39 is 32.4 Å². The Kier molecular flexibility index (Phi) is 4.82. The van der Waals surface area contributed by atoms with Crippen molar-refractivity contribution in [2.24, 2.45) is 0 Å². The van der Waals surface area contributed by atoms with Gasteiger partial charge in [-0.1, -0.05) is 6.07 Å². The van der Waals surface area contributed by atoms with Crippen molar-refractivity contribution in [3.05, 3.63) is 41.9 Å². The lowest BCUT2D eigenvalue weighted by Gasteiger charge is -2.44. The molecule has 0 bridgehead atoms. The minimum atomic E-state index is -4.76. The predicted molar refractivity (Wildman–Crippen MR) is 83.8 cm³/mol. The first-order chi connectivity index (χ1) is 11.2. The number of ether oxygens (including phenoxy) is 3. The van der Waals surface area contributed by atoms with E-state index in [0.717, 1.165) is 13.0 Å². The fourth-order valence-electron chi connectivity index (χ4n) is 2.84. The van der Waals surface area contributed by atoms with Crippen LogP contribution in [0.4, 0.5) is 0 Å². The second-order valence-electron chi connectivity index (χ2n) is 5.43. The zero-order valence-corrected chi connectivity index (χ0v) is 14.5. The number of rotatable bonds is 5. The summed E-state index contributed by atoms with van der Waals surface area (Å²) in [4.78, 5) is 17.1. The molecule has 2 rings (SSSR count). The summed E-state index contributed by atoms with van der Waals surface area (Å²) in [6.07, 6.45) is 1.12. The molecule has 0 radical (unpaired) electrons. The molecule has 8 nitrogen and oxygen atoms in total. The Labute approximate surface area is 140 Å². The van der Waals surface area contributed by atoms with Crippen LogP contribution in [0.5, 0.6) is 0 Å². The molecule has 0 saturated carbocycles. The molecule has 1 N–H and O–H groups in total. The summed E-state index contributed by atoms with van der Waals surface area (Å²) in [5, 5.41) is 0. The minimum absolute atomic E-state index is 0.00438. The third kappa shape index (κ3) is 2.44. The van der Waals surface area contributed by atoms with Gasteiger partial charge in [0.05, 0.1) is 12.8 Å². The van der Waals surface area contributed by atoms with Crippen molar-refractivity contribution in [3.63, 3.8) is 0 Å². The molecule has 0 saturated heterocycles. The highest BCUT2D eigenvalue weighted by atomic mass is 32.2. The Hall–Kier alpha value is -1.81. The molecule has 0 fully saturated rings. The summed E-state index contributed by atoms with van der Waals surface area (Å²) in [5.41, 5.74) is -1.27. The average molecular weight is 357 g/mol. The Morgan fingerprint density at radius 1 is 1.25 bits per heavy atom. The molecule has 0 aliphatic heterocycles. The van der Waals surface area contributed by atoms with Gasteiger partial charge in [0.1, 0.15) is 5.76 Å². The van der Waals surface area contributed by atoms with E-state index >= 15 is 0 Å². The molecule has 132 valence electrons. The summed E-state index contributed by atoms with van der Waals surface area (Å²) in [6, 6.07) is 4.97. The fraction of sp³-hybridized carbons (Fsp3) is 0.467. The SMILES string of the molecule is COC1=CC(C)(S(=O)(=O)O)C(=O)C(OC)C1(OC)c1ccccn1. The molecule has 1 heterocycles. The average Bonchev–Trinajstić information content (AvgIpc) is 2.56. The van der Waals surface area contributed by atoms with Crippen LogP contribution in [0.1, 0.15) is 12.6 Å². The Balaban J connectivity index is 2.85. The Bertz CT molecular complexity index is 761. The summed E-state index contributed by atoms with van der Waals surface area (Å²) < 4.78 is 47.1. The van der Waals surface area contributed by atoms with Gasteiger partial charge in [-0.3, -0.25) is 14.3 Å². The van der Waals surface area contributed by atoms with Crippen LogP contribution in [0.3, 0.4) is 0 Å². The zero-order chi connectivity index (χ0) is 18.2. The number of ketones is 1. The van der Waals surface area contributed by atoms with Gasteiger partial charge in [0.25, 0.3) is 10.1 Å². The maximum absolute atomic E-state index is 12.9. The van der Waals surface area contributed by atoms with E-state index in [-0.39, 0.29) is 5.76 Å². The van der Waals surface area contributed by atoms with Crippen LogP contribution in [-0.2, 0) is 34.7 Å². The van der Waals surface area contributed by atoms with Crippen molar-refractivity contribution < 1.29 is 32.0 Å². The lowest BCUT2D eigenvalue weighted by atomic mass is 9.77. The lowest BCUT2D eigenvalue weighted by molar-refractivity contribution is -0.162. The predicted octanol–water partition coefficient (Wildman–Crippen LogP) is 0.698. The Morgan fingerprint density at radius 2 is 1.92 bits per heavy atom. The van der Waals surface area contributed by atoms with Crippen molar-refractivity contribution in [2.75, 3.05) is 21.3 Å². The van der Waals surface area contributed by atoms with E-state index in [9.17, 15) is 17.8 Å². The van der Waals surface area contributed by atoms with E-state index in [0.29, 0.717) is 5.69 Å². The molecule has 1 aromatic heterocycles. The number of Topliss-reactive ketones (excluding diaryl/α,β-unsaturated/α-hetero) is 1. The number of carbonyl (C=O) groups is 1. The fourth-order valence-corrected chi connectivity index (χ4v) is 3.46. The first-order valence-corrected chi connectivity index (χ1v) is 8.41. The van der Waals surface area contributed by atoms with Gasteiger partial charge in [0.15, 0.2) is 22.2 Å². The lowest BCUT2D eigenvalue weighted by Crippen LogP contribution is -2.61. The molecule has 9 heteroatoms. The zero-order valence-electron chi connectivity index (χ0n) is 13.7. The number of nitrogens with zero attached hydrogens (tertiary/aromatic N) is 1. The van der Waals surface area contributed by atoms with Crippen LogP contribution >= 0.6 is 0 Å². The molecular formula is C15H19NO7S. The van der Waals surface area contributed by atoms with E-state index in [2.05, 4.69) is 4.98 Å². The first kappa shape index (κ1) is 18.5. The molecule has 3 unspecified atom stereocenters. The van der Waals surface area contributed by atoms with Gasteiger partial charge in [-0.05, 0) is 25.1 Å². The van der Waals surface area contributed by atoms with Crippen LogP contribution in [0, 0.1) is 0 Å². The van der Waals surface area contributed by atoms with Crippen molar-refractivity contribution in [1.82, 2.24) is 4.98 Å². The maximum atomic E-state index is 12.9. The van der Waals surface area contributed by atoms with Crippen molar-refractivity contribution in [3.8, 4) is 0 Å². The van der Waals surface area contributed by atoms with Gasteiger partial charge in [-0.2, -0.15) is 8.42 Å². The second-order valence-corrected chi connectivity index (χ2v) is 7.23. The van der Waals surface area contributed by atoms with Gasteiger partial charge in [-0.15, -0.1) is 0 Å². The molecule has 0 amide bonds. The molecule has 3 atom stereocenters. The summed E-state index contributed by atoms with van der Waals surface area (Å²) in [7, 11) is -0.893. The van der Waals surface area contributed by atoms with Crippen LogP contribution < -0.4 is 0 Å². The van der Waals surface area contributed by atoms with Gasteiger partial charge < -0.3 is 14.2 Å². The standard InChI is InChI=1S/C15H19NO7S/c1-14(24(18,19)20)9-11(21-2)15(23-4,13(22-3)12(14)17)10-7-5-6-8-16-10/h5-9,13H,1-4H3,(H,18,19,20). The minimum Gasteiger partial charge on any atom is -0.498 e.